The first-order valence-electron chi connectivity index (χ1n) is 10.1. The number of benzene rings is 2. The number of non-ortho nitro benzene ring substituents is 1. The van der Waals surface area contributed by atoms with Crippen LogP contribution in [-0.4, -0.2) is 29.7 Å². The van der Waals surface area contributed by atoms with E-state index in [0.29, 0.717) is 23.7 Å². The molecule has 0 heterocycles. The summed E-state index contributed by atoms with van der Waals surface area (Å²) in [4.78, 5) is 22.9. The molecule has 0 atom stereocenters. The van der Waals surface area contributed by atoms with E-state index < -0.39 is 10.8 Å². The highest BCUT2D eigenvalue weighted by Gasteiger charge is 2.14. The highest BCUT2D eigenvalue weighted by Crippen LogP contribution is 2.28. The van der Waals surface area contributed by atoms with Gasteiger partial charge >= 0.3 is 0 Å². The molecule has 2 aromatic carbocycles. The molecule has 2 aromatic rings. The number of ether oxygens (including phenoxy) is 2. The zero-order valence-corrected chi connectivity index (χ0v) is 18.5. The second-order valence-corrected chi connectivity index (χ2v) is 7.25. The predicted octanol–water partition coefficient (Wildman–Crippen LogP) is 5.08. The van der Waals surface area contributed by atoms with Gasteiger partial charge in [-0.15, -0.1) is 0 Å². The number of nitrogens with one attached hydrogen (secondary N) is 2. The van der Waals surface area contributed by atoms with Crippen LogP contribution in [0.1, 0.15) is 49.4 Å². The summed E-state index contributed by atoms with van der Waals surface area (Å²) in [6.07, 6.45) is 5.82. The molecule has 0 saturated heterocycles. The number of thiocarbonyl (C=S) groups is 1. The number of nitrogens with zero attached hydrogens (tertiary/aromatic N) is 1. The minimum Gasteiger partial charge on any atom is -0.495 e. The van der Waals surface area contributed by atoms with Gasteiger partial charge in [-0.2, -0.15) is 0 Å². The normalized spacial score (nSPS) is 10.3. The molecule has 2 rings (SSSR count). The molecule has 0 radical (unpaired) electrons. The maximum absolute atomic E-state index is 12.4. The van der Waals surface area contributed by atoms with E-state index in [1.165, 1.54) is 44.6 Å². The van der Waals surface area contributed by atoms with E-state index in [1.54, 1.807) is 24.3 Å². The summed E-state index contributed by atoms with van der Waals surface area (Å²) < 4.78 is 10.9. The fraction of sp³-hybridized carbons (Fsp3) is 0.364. The monoisotopic (exact) mass is 445 g/mol. The van der Waals surface area contributed by atoms with Crippen molar-refractivity contribution < 1.29 is 19.2 Å². The van der Waals surface area contributed by atoms with Crippen LogP contribution in [0, 0.1) is 10.1 Å². The SMILES string of the molecule is CCCCCCCOc1ccc(C(=O)NC(=S)Nc2cc([N+](=O)[O-])ccc2OC)cc1. The van der Waals surface area contributed by atoms with Crippen molar-refractivity contribution in [3.63, 3.8) is 0 Å². The van der Waals surface area contributed by atoms with E-state index in [9.17, 15) is 14.9 Å². The number of rotatable bonds is 11. The van der Waals surface area contributed by atoms with E-state index in [1.807, 2.05) is 0 Å². The van der Waals surface area contributed by atoms with Crippen LogP contribution in [0.2, 0.25) is 0 Å². The van der Waals surface area contributed by atoms with E-state index in [2.05, 4.69) is 17.6 Å². The van der Waals surface area contributed by atoms with Crippen molar-refractivity contribution in [2.45, 2.75) is 39.0 Å². The Bertz CT molecular complexity index is 903. The van der Waals surface area contributed by atoms with E-state index in [-0.39, 0.29) is 16.5 Å². The molecule has 0 unspecified atom stereocenters. The Kier molecular flexibility index (Phi) is 9.70. The zero-order valence-electron chi connectivity index (χ0n) is 17.7. The predicted molar refractivity (Wildman–Crippen MR) is 124 cm³/mol. The van der Waals surface area contributed by atoms with Crippen molar-refractivity contribution in [3.05, 3.63) is 58.1 Å². The molecule has 2 N–H and O–H groups in total. The van der Waals surface area contributed by atoms with Gasteiger partial charge in [0.2, 0.25) is 0 Å². The van der Waals surface area contributed by atoms with Gasteiger partial charge in [-0.25, -0.2) is 0 Å². The number of nitro benzene ring substituents is 1. The van der Waals surface area contributed by atoms with Gasteiger partial charge in [-0.05, 0) is 49.0 Å². The van der Waals surface area contributed by atoms with Crippen LogP contribution in [-0.2, 0) is 0 Å². The molecule has 0 bridgehead atoms. The first-order valence-corrected chi connectivity index (χ1v) is 10.5. The molecule has 0 aliphatic carbocycles. The summed E-state index contributed by atoms with van der Waals surface area (Å²) in [5.41, 5.74) is 0.563. The quantitative estimate of drug-likeness (QED) is 0.215. The Morgan fingerprint density at radius 3 is 2.45 bits per heavy atom. The number of methoxy groups -OCH3 is 1. The third kappa shape index (κ3) is 7.86. The van der Waals surface area contributed by atoms with Crippen LogP contribution in [0.25, 0.3) is 0 Å². The largest absolute Gasteiger partial charge is 0.495 e. The van der Waals surface area contributed by atoms with Gasteiger partial charge in [-0.3, -0.25) is 20.2 Å². The third-order valence-corrected chi connectivity index (χ3v) is 4.71. The van der Waals surface area contributed by atoms with Crippen molar-refractivity contribution in [1.29, 1.82) is 0 Å². The number of carbonyl (C=O) groups excluding carboxylic acids is 1. The summed E-state index contributed by atoms with van der Waals surface area (Å²) in [6, 6.07) is 10.8. The summed E-state index contributed by atoms with van der Waals surface area (Å²) in [7, 11) is 1.43. The Hall–Kier alpha value is -3.20. The number of hydrogen-bond donors (Lipinski definition) is 2. The average molecular weight is 446 g/mol. The minimum absolute atomic E-state index is 0.00352. The first-order chi connectivity index (χ1) is 14.9. The maximum atomic E-state index is 12.4. The highest BCUT2D eigenvalue weighted by atomic mass is 32.1. The summed E-state index contributed by atoms with van der Waals surface area (Å²) in [6.45, 7) is 2.83. The maximum Gasteiger partial charge on any atom is 0.271 e. The second kappa shape index (κ2) is 12.5. The van der Waals surface area contributed by atoms with E-state index >= 15 is 0 Å². The molecule has 0 aliphatic rings. The second-order valence-electron chi connectivity index (χ2n) is 6.84. The molecule has 0 aromatic heterocycles. The molecule has 166 valence electrons. The van der Waals surface area contributed by atoms with Crippen molar-refractivity contribution in [2.75, 3.05) is 19.0 Å². The topological polar surface area (TPSA) is 103 Å². The number of carbonyl (C=O) groups is 1. The summed E-state index contributed by atoms with van der Waals surface area (Å²) in [5, 5.41) is 16.3. The molecule has 0 saturated carbocycles. The van der Waals surface area contributed by atoms with Gasteiger partial charge in [0, 0.05) is 17.7 Å². The lowest BCUT2D eigenvalue weighted by molar-refractivity contribution is -0.384. The third-order valence-electron chi connectivity index (χ3n) is 4.50. The lowest BCUT2D eigenvalue weighted by Gasteiger charge is -2.13. The Morgan fingerprint density at radius 2 is 1.81 bits per heavy atom. The lowest BCUT2D eigenvalue weighted by Crippen LogP contribution is -2.34. The van der Waals surface area contributed by atoms with Crippen LogP contribution >= 0.6 is 12.2 Å². The van der Waals surface area contributed by atoms with E-state index in [0.717, 1.165) is 12.8 Å². The number of nitro groups is 1. The van der Waals surface area contributed by atoms with Crippen molar-refractivity contribution in [1.82, 2.24) is 5.32 Å². The smallest absolute Gasteiger partial charge is 0.271 e. The number of anilines is 1. The standard InChI is InChI=1S/C22H27N3O5S/c1-3-4-5-6-7-14-30-18-11-8-16(9-12-18)21(26)24-22(31)23-19-15-17(25(27)28)10-13-20(19)29-2/h8-13,15H,3-7,14H2,1-2H3,(H2,23,24,26,31). The molecule has 0 aliphatic heterocycles. The summed E-state index contributed by atoms with van der Waals surface area (Å²) in [5.74, 6) is 0.653. The number of hydrogen-bond acceptors (Lipinski definition) is 6. The zero-order chi connectivity index (χ0) is 22.6. The van der Waals surface area contributed by atoms with Crippen molar-refractivity contribution in [3.8, 4) is 11.5 Å². The molecule has 0 spiro atoms. The fourth-order valence-corrected chi connectivity index (χ4v) is 3.04. The van der Waals surface area contributed by atoms with Gasteiger partial charge in [-0.1, -0.05) is 32.6 Å². The number of amides is 1. The first kappa shape index (κ1) is 24.1. The molecule has 9 heteroatoms. The van der Waals surface area contributed by atoms with Gasteiger partial charge in [0.15, 0.2) is 5.11 Å². The molecule has 8 nitrogen and oxygen atoms in total. The van der Waals surface area contributed by atoms with Crippen molar-refractivity contribution >= 4 is 34.6 Å². The van der Waals surface area contributed by atoms with Gasteiger partial charge in [0.05, 0.1) is 24.3 Å². The molecular weight excluding hydrogens is 418 g/mol. The average Bonchev–Trinajstić information content (AvgIpc) is 2.76. The Labute approximate surface area is 187 Å². The molecule has 0 fully saturated rings. The summed E-state index contributed by atoms with van der Waals surface area (Å²) >= 11 is 5.16. The highest BCUT2D eigenvalue weighted by molar-refractivity contribution is 7.80. The van der Waals surface area contributed by atoms with Crippen LogP contribution in [0.15, 0.2) is 42.5 Å². The van der Waals surface area contributed by atoms with Gasteiger partial charge < -0.3 is 14.8 Å². The Morgan fingerprint density at radius 1 is 1.10 bits per heavy atom. The van der Waals surface area contributed by atoms with Gasteiger partial charge in [0.1, 0.15) is 11.5 Å². The minimum atomic E-state index is -0.527. The Balaban J connectivity index is 1.88. The van der Waals surface area contributed by atoms with Crippen LogP contribution in [0.4, 0.5) is 11.4 Å². The molecule has 1 amide bonds. The molecule has 31 heavy (non-hydrogen) atoms. The lowest BCUT2D eigenvalue weighted by atomic mass is 10.2. The van der Waals surface area contributed by atoms with Crippen molar-refractivity contribution in [2.24, 2.45) is 0 Å². The van der Waals surface area contributed by atoms with Crippen LogP contribution in [0.3, 0.4) is 0 Å². The van der Waals surface area contributed by atoms with E-state index in [4.69, 9.17) is 21.7 Å². The van der Waals surface area contributed by atoms with Crippen LogP contribution < -0.4 is 20.1 Å². The fourth-order valence-electron chi connectivity index (χ4n) is 2.83. The number of unbranched alkanes of at least 4 members (excludes halogenated alkanes) is 4. The molecular formula is C22H27N3O5S. The van der Waals surface area contributed by atoms with Crippen LogP contribution in [0.5, 0.6) is 11.5 Å². The van der Waals surface area contributed by atoms with Gasteiger partial charge in [0.25, 0.3) is 11.6 Å².